The number of alkyl halides is 3. The van der Waals surface area contributed by atoms with Crippen LogP contribution < -0.4 is 25.9 Å². The van der Waals surface area contributed by atoms with Gasteiger partial charge in [0.1, 0.15) is 5.82 Å². The number of piperazine rings is 2. The molecule has 2 heterocycles. The molecule has 0 amide bonds. The normalized spacial score (nSPS) is 17.6. The van der Waals surface area contributed by atoms with Crippen molar-refractivity contribution in [2.75, 3.05) is 74.1 Å². The summed E-state index contributed by atoms with van der Waals surface area (Å²) < 4.78 is 55.8. The van der Waals surface area contributed by atoms with E-state index in [1.54, 1.807) is 11.0 Å². The molecule has 7 nitrogen and oxygen atoms in total. The van der Waals surface area contributed by atoms with Gasteiger partial charge >= 0.3 is 6.18 Å². The Labute approximate surface area is 213 Å². The summed E-state index contributed by atoms with van der Waals surface area (Å²) in [5.74, 6) is -0.422. The number of thiocarbonyl (C=S) groups is 1. The van der Waals surface area contributed by atoms with Gasteiger partial charge in [-0.15, -0.1) is 0 Å². The summed E-state index contributed by atoms with van der Waals surface area (Å²) in [6.45, 7) is 4.75. The molecule has 0 atom stereocenters. The second kappa shape index (κ2) is 10.9. The van der Waals surface area contributed by atoms with Crippen LogP contribution in [0.2, 0.25) is 0 Å². The second-order valence-electron chi connectivity index (χ2n) is 8.88. The molecule has 2 aromatic carbocycles. The molecule has 2 aliphatic rings. The molecule has 0 spiro atoms. The first-order valence-corrected chi connectivity index (χ1v) is 12.1. The van der Waals surface area contributed by atoms with Crippen LogP contribution in [0.1, 0.15) is 11.1 Å². The number of nitrogens with two attached hydrogens (primary N) is 1. The number of rotatable bonds is 5. The average Bonchev–Trinajstić information content (AvgIpc) is 2.84. The summed E-state index contributed by atoms with van der Waals surface area (Å²) in [5.41, 5.74) is 9.27. The summed E-state index contributed by atoms with van der Waals surface area (Å²) >= 11 is 4.78. The predicted octanol–water partition coefficient (Wildman–Crippen LogP) is 3.09. The summed E-state index contributed by atoms with van der Waals surface area (Å²) in [5, 5.41) is 4.02. The summed E-state index contributed by atoms with van der Waals surface area (Å²) in [6, 6.07) is 8.81. The zero-order valence-corrected chi connectivity index (χ0v) is 20.7. The van der Waals surface area contributed by atoms with E-state index in [0.717, 1.165) is 37.9 Å². The fraction of sp³-hybridized carbons (Fsp3) is 0.417. The SMILES string of the molecule is CN1CCN(c2cc(N3CCN(c4ccccc4C(F)(F)F)CC3)c(F)cc2C=NNC(N)=S)CC1. The smallest absolute Gasteiger partial charge is 0.375 e. The van der Waals surface area contributed by atoms with Gasteiger partial charge in [-0.25, -0.2) is 4.39 Å². The number of halogens is 4. The van der Waals surface area contributed by atoms with Crippen LogP contribution in [0.4, 0.5) is 34.6 Å². The van der Waals surface area contributed by atoms with Crippen LogP contribution in [0.5, 0.6) is 0 Å². The zero-order valence-electron chi connectivity index (χ0n) is 19.9. The van der Waals surface area contributed by atoms with Crippen LogP contribution in [-0.4, -0.2) is 75.6 Å². The van der Waals surface area contributed by atoms with Crippen LogP contribution >= 0.6 is 12.2 Å². The highest BCUT2D eigenvalue weighted by Gasteiger charge is 2.35. The van der Waals surface area contributed by atoms with Crippen molar-refractivity contribution in [1.82, 2.24) is 10.3 Å². The van der Waals surface area contributed by atoms with Gasteiger partial charge in [-0.1, -0.05) is 12.1 Å². The molecule has 2 aliphatic heterocycles. The number of anilines is 3. The van der Waals surface area contributed by atoms with Gasteiger partial charge in [0.2, 0.25) is 0 Å². The highest BCUT2D eigenvalue weighted by atomic mass is 32.1. The maximum Gasteiger partial charge on any atom is 0.418 e. The molecule has 12 heteroatoms. The Kier molecular flexibility index (Phi) is 7.84. The van der Waals surface area contributed by atoms with Crippen molar-refractivity contribution in [3.8, 4) is 0 Å². The molecule has 36 heavy (non-hydrogen) atoms. The van der Waals surface area contributed by atoms with E-state index >= 15 is 4.39 Å². The third-order valence-corrected chi connectivity index (χ3v) is 6.58. The number of para-hydroxylation sites is 1. The Morgan fingerprint density at radius 1 is 0.917 bits per heavy atom. The molecule has 0 saturated carbocycles. The molecule has 0 bridgehead atoms. The van der Waals surface area contributed by atoms with Crippen LogP contribution in [0.25, 0.3) is 0 Å². The molecule has 2 fully saturated rings. The lowest BCUT2D eigenvalue weighted by Crippen LogP contribution is -2.47. The van der Waals surface area contributed by atoms with Crippen molar-refractivity contribution < 1.29 is 17.6 Å². The third kappa shape index (κ3) is 5.98. The Balaban J connectivity index is 1.57. The topological polar surface area (TPSA) is 63.4 Å². The quantitative estimate of drug-likeness (QED) is 0.270. The monoisotopic (exact) mass is 523 g/mol. The minimum absolute atomic E-state index is 0.00876. The average molecular weight is 524 g/mol. The molecule has 0 aliphatic carbocycles. The minimum Gasteiger partial charge on any atom is -0.375 e. The van der Waals surface area contributed by atoms with Gasteiger partial charge in [0.15, 0.2) is 5.11 Å². The number of hydrogen-bond acceptors (Lipinski definition) is 6. The summed E-state index contributed by atoms with van der Waals surface area (Å²) in [4.78, 5) is 8.00. The molecule has 4 rings (SSSR count). The van der Waals surface area contributed by atoms with E-state index < -0.39 is 17.6 Å². The van der Waals surface area contributed by atoms with E-state index in [1.807, 2.05) is 11.0 Å². The van der Waals surface area contributed by atoms with Crippen molar-refractivity contribution in [3.05, 3.63) is 53.3 Å². The van der Waals surface area contributed by atoms with Gasteiger partial charge in [-0.2, -0.15) is 18.3 Å². The molecule has 0 aromatic heterocycles. The van der Waals surface area contributed by atoms with Gasteiger partial charge in [-0.3, -0.25) is 5.43 Å². The number of likely N-dealkylation sites (N-methyl/N-ethyl adjacent to an activating group) is 1. The Morgan fingerprint density at radius 2 is 1.47 bits per heavy atom. The predicted molar refractivity (Wildman–Crippen MR) is 139 cm³/mol. The lowest BCUT2D eigenvalue weighted by Gasteiger charge is -2.39. The molecule has 3 N–H and O–H groups in total. The first-order valence-electron chi connectivity index (χ1n) is 11.6. The maximum absolute atomic E-state index is 15.3. The van der Waals surface area contributed by atoms with E-state index in [9.17, 15) is 13.2 Å². The first-order chi connectivity index (χ1) is 17.1. The fourth-order valence-electron chi connectivity index (χ4n) is 4.58. The number of nitrogens with zero attached hydrogens (tertiary/aromatic N) is 5. The van der Waals surface area contributed by atoms with E-state index in [-0.39, 0.29) is 10.8 Å². The van der Waals surface area contributed by atoms with Gasteiger partial charge in [-0.05, 0) is 43.5 Å². The molecule has 2 saturated heterocycles. The number of hydrogen-bond donors (Lipinski definition) is 2. The number of benzene rings is 2. The molecular formula is C24H29F4N7S. The molecule has 0 unspecified atom stereocenters. The fourth-order valence-corrected chi connectivity index (χ4v) is 4.63. The highest BCUT2D eigenvalue weighted by molar-refractivity contribution is 7.80. The third-order valence-electron chi connectivity index (χ3n) is 6.49. The molecule has 194 valence electrons. The van der Waals surface area contributed by atoms with Crippen LogP contribution in [0.3, 0.4) is 0 Å². The standard InChI is InChI=1S/C24H29F4N7S/c1-32-6-8-34(9-7-32)21-15-22(19(25)14-17(21)16-30-31-23(29)36)35-12-10-33(11-13-35)20-5-3-2-4-18(20)24(26,27)28/h2-5,14-16H,6-13H2,1H3,(H3,29,31,36). The summed E-state index contributed by atoms with van der Waals surface area (Å²) in [6.07, 6.45) is -2.94. The lowest BCUT2D eigenvalue weighted by atomic mass is 10.1. The van der Waals surface area contributed by atoms with E-state index in [4.69, 9.17) is 18.0 Å². The van der Waals surface area contributed by atoms with E-state index in [0.29, 0.717) is 37.4 Å². The van der Waals surface area contributed by atoms with Crippen molar-refractivity contribution in [2.24, 2.45) is 10.8 Å². The van der Waals surface area contributed by atoms with Crippen molar-refractivity contribution in [3.63, 3.8) is 0 Å². The molecular weight excluding hydrogens is 494 g/mol. The maximum atomic E-state index is 15.3. The van der Waals surface area contributed by atoms with E-state index in [1.165, 1.54) is 24.4 Å². The Morgan fingerprint density at radius 3 is 2.08 bits per heavy atom. The lowest BCUT2D eigenvalue weighted by molar-refractivity contribution is -0.137. The summed E-state index contributed by atoms with van der Waals surface area (Å²) in [7, 11) is 2.05. The highest BCUT2D eigenvalue weighted by Crippen LogP contribution is 2.37. The van der Waals surface area contributed by atoms with Gasteiger partial charge in [0, 0.05) is 69.3 Å². The van der Waals surface area contributed by atoms with Crippen LogP contribution in [-0.2, 0) is 6.18 Å². The van der Waals surface area contributed by atoms with Gasteiger partial charge < -0.3 is 25.3 Å². The Bertz CT molecular complexity index is 1110. The number of nitrogens with one attached hydrogen (secondary N) is 1. The second-order valence-corrected chi connectivity index (χ2v) is 9.32. The minimum atomic E-state index is -4.43. The first kappa shape index (κ1) is 26.0. The van der Waals surface area contributed by atoms with Crippen LogP contribution in [0.15, 0.2) is 41.5 Å². The van der Waals surface area contributed by atoms with E-state index in [2.05, 4.69) is 27.4 Å². The molecule has 0 radical (unpaired) electrons. The van der Waals surface area contributed by atoms with Crippen molar-refractivity contribution >= 4 is 40.6 Å². The Hall–Kier alpha value is -3.12. The van der Waals surface area contributed by atoms with Crippen LogP contribution in [0, 0.1) is 5.82 Å². The molecule has 2 aromatic rings. The number of hydrazone groups is 1. The van der Waals surface area contributed by atoms with Crippen molar-refractivity contribution in [2.45, 2.75) is 6.18 Å². The van der Waals surface area contributed by atoms with Gasteiger partial charge in [0.05, 0.1) is 17.5 Å². The zero-order chi connectivity index (χ0) is 25.9. The largest absolute Gasteiger partial charge is 0.418 e. The van der Waals surface area contributed by atoms with Gasteiger partial charge in [0.25, 0.3) is 0 Å². The van der Waals surface area contributed by atoms with Crippen molar-refractivity contribution in [1.29, 1.82) is 0 Å².